The Labute approximate surface area is 212 Å². The van der Waals surface area contributed by atoms with Crippen molar-refractivity contribution in [1.29, 1.82) is 0 Å². The van der Waals surface area contributed by atoms with Crippen LogP contribution in [0.4, 0.5) is 11.4 Å². The number of hydrogen-bond acceptors (Lipinski definition) is 7. The zero-order valence-electron chi connectivity index (χ0n) is 19.0. The van der Waals surface area contributed by atoms with E-state index in [0.29, 0.717) is 45.1 Å². The minimum absolute atomic E-state index is 0.0495. The molecule has 10 heteroatoms. The molecule has 3 aliphatic rings. The third-order valence-corrected chi connectivity index (χ3v) is 7.53. The van der Waals surface area contributed by atoms with Gasteiger partial charge in [0.15, 0.2) is 0 Å². The lowest BCUT2D eigenvalue weighted by Gasteiger charge is -2.18. The number of methoxy groups -OCH3 is 1. The molecule has 180 valence electrons. The molecule has 2 aromatic rings. The number of amides is 3. The second kappa shape index (κ2) is 9.80. The second-order valence-electron chi connectivity index (χ2n) is 8.31. The normalized spacial score (nSPS) is 21.6. The average molecular weight is 510 g/mol. The fourth-order valence-corrected chi connectivity index (χ4v) is 5.72. The van der Waals surface area contributed by atoms with Crippen molar-refractivity contribution in [1.82, 2.24) is 4.90 Å². The quantitative estimate of drug-likeness (QED) is 0.472. The predicted octanol–water partition coefficient (Wildman–Crippen LogP) is 3.43. The zero-order chi connectivity index (χ0) is 24.5. The number of fused-ring (bicyclic) bond motifs is 1. The van der Waals surface area contributed by atoms with Gasteiger partial charge in [0.05, 0.1) is 35.9 Å². The van der Waals surface area contributed by atoms with Gasteiger partial charge >= 0.3 is 0 Å². The highest BCUT2D eigenvalue weighted by molar-refractivity contribution is 8.26. The first-order valence-corrected chi connectivity index (χ1v) is 12.4. The Morgan fingerprint density at radius 3 is 2.63 bits per heavy atom. The first-order chi connectivity index (χ1) is 17.0. The van der Waals surface area contributed by atoms with E-state index in [1.54, 1.807) is 55.6 Å². The monoisotopic (exact) mass is 509 g/mol. The molecular weight excluding hydrogens is 486 g/mol. The minimum Gasteiger partial charge on any atom is -0.497 e. The fourth-order valence-electron chi connectivity index (χ4n) is 4.37. The van der Waals surface area contributed by atoms with Crippen molar-refractivity contribution in [3.05, 3.63) is 59.0 Å². The van der Waals surface area contributed by atoms with Gasteiger partial charge in [0.25, 0.3) is 11.8 Å². The van der Waals surface area contributed by atoms with Crippen molar-refractivity contribution in [3.63, 3.8) is 0 Å². The maximum atomic E-state index is 13.5. The molecular formula is C25H23N3O5S2. The third-order valence-electron chi connectivity index (χ3n) is 6.09. The molecule has 35 heavy (non-hydrogen) atoms. The summed E-state index contributed by atoms with van der Waals surface area (Å²) in [5.74, 6) is -0.370. The van der Waals surface area contributed by atoms with Crippen LogP contribution >= 0.6 is 24.0 Å². The van der Waals surface area contributed by atoms with E-state index in [1.165, 1.54) is 9.80 Å². The highest BCUT2D eigenvalue weighted by Crippen LogP contribution is 2.44. The fraction of sp³-hybridized carbons (Fsp3) is 0.280. The summed E-state index contributed by atoms with van der Waals surface area (Å²) in [7, 11) is 1.57. The van der Waals surface area contributed by atoms with Gasteiger partial charge in [-0.25, -0.2) is 0 Å². The number of carbonyl (C=O) groups excluding carboxylic acids is 3. The van der Waals surface area contributed by atoms with Crippen molar-refractivity contribution in [2.75, 3.05) is 37.0 Å². The molecule has 8 nitrogen and oxygen atoms in total. The van der Waals surface area contributed by atoms with Crippen LogP contribution in [-0.2, 0) is 19.1 Å². The Balaban J connectivity index is 1.39. The number of thiocarbonyl (C=S) groups is 1. The molecule has 1 atom stereocenters. The molecule has 5 rings (SSSR count). The highest BCUT2D eigenvalue weighted by Gasteiger charge is 2.43. The van der Waals surface area contributed by atoms with E-state index in [1.807, 2.05) is 0 Å². The van der Waals surface area contributed by atoms with Gasteiger partial charge in [0.1, 0.15) is 16.6 Å². The van der Waals surface area contributed by atoms with Gasteiger partial charge in [-0.3, -0.25) is 24.2 Å². The first-order valence-electron chi connectivity index (χ1n) is 11.2. The van der Waals surface area contributed by atoms with E-state index in [9.17, 15) is 14.4 Å². The maximum Gasteiger partial charge on any atom is 0.267 e. The first kappa shape index (κ1) is 23.5. The van der Waals surface area contributed by atoms with Gasteiger partial charge < -0.3 is 14.8 Å². The van der Waals surface area contributed by atoms with E-state index in [-0.39, 0.29) is 30.0 Å². The van der Waals surface area contributed by atoms with Crippen LogP contribution in [-0.4, -0.2) is 59.9 Å². The van der Waals surface area contributed by atoms with Crippen LogP contribution in [0.15, 0.2) is 53.4 Å². The van der Waals surface area contributed by atoms with Crippen molar-refractivity contribution in [2.24, 2.45) is 0 Å². The summed E-state index contributed by atoms with van der Waals surface area (Å²) in [5, 5.41) is 2.80. The van der Waals surface area contributed by atoms with E-state index >= 15 is 0 Å². The summed E-state index contributed by atoms with van der Waals surface area (Å²) in [5.41, 5.74) is 2.07. The maximum absolute atomic E-state index is 13.5. The molecule has 3 amide bonds. The number of benzene rings is 2. The lowest BCUT2D eigenvalue weighted by atomic mass is 10.1. The van der Waals surface area contributed by atoms with Gasteiger partial charge in [-0.1, -0.05) is 42.2 Å². The summed E-state index contributed by atoms with van der Waals surface area (Å²) in [6.07, 6.45) is 1.79. The summed E-state index contributed by atoms with van der Waals surface area (Å²) in [4.78, 5) is 42.9. The predicted molar refractivity (Wildman–Crippen MR) is 138 cm³/mol. The summed E-state index contributed by atoms with van der Waals surface area (Å²) >= 11 is 6.60. The number of anilines is 2. The third kappa shape index (κ3) is 4.56. The molecule has 0 radical (unpaired) electrons. The molecule has 0 bridgehead atoms. The lowest BCUT2D eigenvalue weighted by molar-refractivity contribution is -0.123. The number of carbonyl (C=O) groups is 3. The molecule has 3 heterocycles. The molecule has 1 unspecified atom stereocenters. The van der Waals surface area contributed by atoms with Gasteiger partial charge in [0.2, 0.25) is 5.91 Å². The average Bonchev–Trinajstić information content (AvgIpc) is 3.54. The van der Waals surface area contributed by atoms with E-state index in [4.69, 9.17) is 21.7 Å². The summed E-state index contributed by atoms with van der Waals surface area (Å²) in [6, 6.07) is 14.1. The lowest BCUT2D eigenvalue weighted by Crippen LogP contribution is -2.36. The van der Waals surface area contributed by atoms with Crippen LogP contribution in [0.5, 0.6) is 5.75 Å². The Morgan fingerprint density at radius 1 is 1.14 bits per heavy atom. The van der Waals surface area contributed by atoms with Crippen molar-refractivity contribution >= 4 is 63.0 Å². The molecule has 0 saturated carbocycles. The number of nitrogens with zero attached hydrogens (tertiary/aromatic N) is 2. The Bertz CT molecular complexity index is 1240. The van der Waals surface area contributed by atoms with Crippen LogP contribution < -0.4 is 15.0 Å². The van der Waals surface area contributed by atoms with Crippen LogP contribution in [0.25, 0.3) is 5.57 Å². The Hall–Kier alpha value is -3.21. The highest BCUT2D eigenvalue weighted by atomic mass is 32.2. The second-order valence-corrected chi connectivity index (χ2v) is 9.95. The van der Waals surface area contributed by atoms with Crippen molar-refractivity contribution in [3.8, 4) is 5.75 Å². The van der Waals surface area contributed by atoms with Crippen molar-refractivity contribution < 1.29 is 23.9 Å². The summed E-state index contributed by atoms with van der Waals surface area (Å²) in [6.45, 7) is 0.868. The number of ether oxygens (including phenoxy) is 2. The molecule has 2 fully saturated rings. The van der Waals surface area contributed by atoms with Crippen LogP contribution in [0.2, 0.25) is 0 Å². The number of para-hydroxylation sites is 1. The van der Waals surface area contributed by atoms with Gasteiger partial charge in [-0.2, -0.15) is 0 Å². The molecule has 0 aliphatic carbocycles. The topological polar surface area (TPSA) is 88.2 Å². The molecule has 2 aromatic carbocycles. The van der Waals surface area contributed by atoms with Crippen LogP contribution in [0.1, 0.15) is 18.4 Å². The SMILES string of the molecule is COc1ccc(NC(=O)CN2C(=O)C(=C3SC(=S)N(CC4CCCO4)C3=O)c3ccccc32)cc1. The van der Waals surface area contributed by atoms with E-state index in [2.05, 4.69) is 5.32 Å². The van der Waals surface area contributed by atoms with E-state index in [0.717, 1.165) is 24.6 Å². The standard InChI is InChI=1S/C25H23N3O5S2/c1-32-16-10-8-15(9-11-16)26-20(29)14-27-19-7-3-2-6-18(19)21(23(27)30)22-24(31)28(25(34)35-22)13-17-5-4-12-33-17/h2-3,6-11,17H,4-5,12-14H2,1H3,(H,26,29). The Kier molecular flexibility index (Phi) is 6.59. The van der Waals surface area contributed by atoms with Gasteiger partial charge in [-0.05, 0) is 43.2 Å². The van der Waals surface area contributed by atoms with Gasteiger partial charge in [-0.15, -0.1) is 0 Å². The number of thioether (sulfide) groups is 1. The largest absolute Gasteiger partial charge is 0.497 e. The molecule has 3 aliphatic heterocycles. The van der Waals surface area contributed by atoms with Crippen LogP contribution in [0, 0.1) is 0 Å². The van der Waals surface area contributed by atoms with Crippen LogP contribution in [0.3, 0.4) is 0 Å². The zero-order valence-corrected chi connectivity index (χ0v) is 20.6. The summed E-state index contributed by atoms with van der Waals surface area (Å²) < 4.78 is 11.2. The molecule has 0 aromatic heterocycles. The minimum atomic E-state index is -0.395. The number of rotatable bonds is 6. The van der Waals surface area contributed by atoms with Crippen molar-refractivity contribution in [2.45, 2.75) is 18.9 Å². The number of nitrogens with one attached hydrogen (secondary N) is 1. The smallest absolute Gasteiger partial charge is 0.267 e. The molecule has 0 spiro atoms. The van der Waals surface area contributed by atoms with Gasteiger partial charge in [0, 0.05) is 17.9 Å². The van der Waals surface area contributed by atoms with E-state index < -0.39 is 5.91 Å². The molecule has 2 saturated heterocycles. The number of hydrogen-bond donors (Lipinski definition) is 1. The molecule has 1 N–H and O–H groups in total. The Morgan fingerprint density at radius 2 is 1.91 bits per heavy atom.